The lowest BCUT2D eigenvalue weighted by molar-refractivity contribution is 0.588. The van der Waals surface area contributed by atoms with Gasteiger partial charge in [0, 0.05) is 5.66 Å². The summed E-state index contributed by atoms with van der Waals surface area (Å²) >= 11 is 0. The summed E-state index contributed by atoms with van der Waals surface area (Å²) < 4.78 is 9.99. The predicted octanol–water partition coefficient (Wildman–Crippen LogP) is 2.47. The average Bonchev–Trinajstić information content (AvgIpc) is 1.68. The minimum atomic E-state index is 0.294. The van der Waals surface area contributed by atoms with Crippen LogP contribution in [0.3, 0.4) is 0 Å². The minimum Gasteiger partial charge on any atom is -0.275 e. The molecular formula is C5H11OP. The summed E-state index contributed by atoms with van der Waals surface area (Å²) in [7, 11) is 0.294. The summed E-state index contributed by atoms with van der Waals surface area (Å²) in [5, 5.41) is 0. The molecular weight excluding hydrogens is 107 g/mol. The number of rotatable bonds is 3. The molecule has 0 saturated heterocycles. The SMILES string of the molecule is CCCC(C)P=O. The molecule has 7 heavy (non-hydrogen) atoms. The van der Waals surface area contributed by atoms with E-state index in [-0.39, 0.29) is 0 Å². The van der Waals surface area contributed by atoms with Crippen LogP contribution in [-0.4, -0.2) is 5.66 Å². The third kappa shape index (κ3) is 3.94. The summed E-state index contributed by atoms with van der Waals surface area (Å²) in [6.07, 6.45) is 2.21. The summed E-state index contributed by atoms with van der Waals surface area (Å²) in [5.74, 6) is 0. The Bertz CT molecular complexity index is 54.0. The van der Waals surface area contributed by atoms with Crippen molar-refractivity contribution in [3.63, 3.8) is 0 Å². The van der Waals surface area contributed by atoms with Crippen LogP contribution in [0.25, 0.3) is 0 Å². The minimum absolute atomic E-state index is 0.294. The summed E-state index contributed by atoms with van der Waals surface area (Å²) in [6, 6.07) is 0. The van der Waals surface area contributed by atoms with Gasteiger partial charge in [0.1, 0.15) is 0 Å². The van der Waals surface area contributed by atoms with Gasteiger partial charge in [-0.15, -0.1) is 0 Å². The van der Waals surface area contributed by atoms with Crippen molar-refractivity contribution in [2.75, 3.05) is 0 Å². The molecule has 0 fully saturated rings. The Morgan fingerprint density at radius 2 is 2.29 bits per heavy atom. The maximum Gasteiger partial charge on any atom is 0.158 e. The fourth-order valence-corrected chi connectivity index (χ4v) is 0.834. The second-order valence-electron chi connectivity index (χ2n) is 1.74. The largest absolute Gasteiger partial charge is 0.275 e. The van der Waals surface area contributed by atoms with Gasteiger partial charge in [0.15, 0.2) is 8.46 Å². The third-order valence-electron chi connectivity index (χ3n) is 0.886. The zero-order chi connectivity index (χ0) is 5.70. The first-order valence-electron chi connectivity index (χ1n) is 2.63. The standard InChI is InChI=1S/C5H11OP/c1-3-4-5(2)7-6/h5H,3-4H2,1-2H3. The van der Waals surface area contributed by atoms with E-state index in [1.807, 2.05) is 6.92 Å². The zero-order valence-electron chi connectivity index (χ0n) is 4.85. The van der Waals surface area contributed by atoms with Crippen LogP contribution in [0.2, 0.25) is 0 Å². The molecule has 0 aliphatic carbocycles. The first kappa shape index (κ1) is 7.10. The Kier molecular flexibility index (Phi) is 4.32. The van der Waals surface area contributed by atoms with Crippen LogP contribution in [0.4, 0.5) is 0 Å². The molecule has 0 rings (SSSR count). The smallest absolute Gasteiger partial charge is 0.158 e. The molecule has 0 heterocycles. The highest BCUT2D eigenvalue weighted by Gasteiger charge is 1.94. The van der Waals surface area contributed by atoms with Gasteiger partial charge in [0.25, 0.3) is 0 Å². The lowest BCUT2D eigenvalue weighted by Crippen LogP contribution is -1.86. The highest BCUT2D eigenvalue weighted by Crippen LogP contribution is 2.10. The molecule has 0 aliphatic heterocycles. The van der Waals surface area contributed by atoms with Crippen LogP contribution < -0.4 is 0 Å². The van der Waals surface area contributed by atoms with Gasteiger partial charge in [-0.1, -0.05) is 20.3 Å². The summed E-state index contributed by atoms with van der Waals surface area (Å²) in [4.78, 5) is 0. The van der Waals surface area contributed by atoms with E-state index in [9.17, 15) is 4.57 Å². The molecule has 0 amide bonds. The molecule has 0 saturated carbocycles. The average molecular weight is 118 g/mol. The van der Waals surface area contributed by atoms with E-state index in [0.717, 1.165) is 12.8 Å². The van der Waals surface area contributed by atoms with Crippen LogP contribution in [0.15, 0.2) is 0 Å². The first-order chi connectivity index (χ1) is 3.31. The number of hydrogen-bond acceptors (Lipinski definition) is 1. The van der Waals surface area contributed by atoms with Crippen LogP contribution in [0, 0.1) is 0 Å². The van der Waals surface area contributed by atoms with Crippen LogP contribution in [-0.2, 0) is 4.57 Å². The topological polar surface area (TPSA) is 17.1 Å². The van der Waals surface area contributed by atoms with Gasteiger partial charge < -0.3 is 0 Å². The Morgan fingerprint density at radius 3 is 2.43 bits per heavy atom. The fourth-order valence-electron chi connectivity index (χ4n) is 0.470. The van der Waals surface area contributed by atoms with E-state index in [4.69, 9.17) is 0 Å². The molecule has 1 unspecified atom stereocenters. The predicted molar refractivity (Wildman–Crippen MR) is 32.0 cm³/mol. The van der Waals surface area contributed by atoms with Crippen molar-refractivity contribution < 1.29 is 4.57 Å². The fraction of sp³-hybridized carbons (Fsp3) is 1.00. The van der Waals surface area contributed by atoms with Crippen molar-refractivity contribution in [1.82, 2.24) is 0 Å². The van der Waals surface area contributed by atoms with Crippen LogP contribution in [0.5, 0.6) is 0 Å². The quantitative estimate of drug-likeness (QED) is 0.520. The summed E-state index contributed by atoms with van der Waals surface area (Å²) in [5.41, 5.74) is 0.366. The maximum atomic E-state index is 9.99. The van der Waals surface area contributed by atoms with E-state index < -0.39 is 0 Å². The van der Waals surface area contributed by atoms with Gasteiger partial charge in [0.2, 0.25) is 0 Å². The Morgan fingerprint density at radius 1 is 1.71 bits per heavy atom. The third-order valence-corrected chi connectivity index (χ3v) is 1.50. The Labute approximate surface area is 46.3 Å². The molecule has 0 bridgehead atoms. The molecule has 0 aliphatic rings. The molecule has 1 nitrogen and oxygen atoms in total. The van der Waals surface area contributed by atoms with Gasteiger partial charge in [0.05, 0.1) is 0 Å². The van der Waals surface area contributed by atoms with Crippen molar-refractivity contribution in [3.8, 4) is 0 Å². The lowest BCUT2D eigenvalue weighted by atomic mass is 10.3. The molecule has 0 spiro atoms. The van der Waals surface area contributed by atoms with Crippen molar-refractivity contribution in [2.24, 2.45) is 0 Å². The normalized spacial score (nSPS) is 14.6. The van der Waals surface area contributed by atoms with E-state index >= 15 is 0 Å². The van der Waals surface area contributed by atoms with Gasteiger partial charge >= 0.3 is 0 Å². The highest BCUT2D eigenvalue weighted by atomic mass is 31.1. The molecule has 42 valence electrons. The lowest BCUT2D eigenvalue weighted by Gasteiger charge is -1.93. The zero-order valence-corrected chi connectivity index (χ0v) is 5.74. The van der Waals surface area contributed by atoms with E-state index in [1.54, 1.807) is 0 Å². The van der Waals surface area contributed by atoms with E-state index in [1.165, 1.54) is 0 Å². The first-order valence-corrected chi connectivity index (χ1v) is 3.52. The molecule has 0 radical (unpaired) electrons. The molecule has 0 aromatic carbocycles. The molecule has 1 atom stereocenters. The van der Waals surface area contributed by atoms with Gasteiger partial charge in [-0.05, 0) is 6.42 Å². The highest BCUT2D eigenvalue weighted by molar-refractivity contribution is 7.24. The van der Waals surface area contributed by atoms with E-state index in [2.05, 4.69) is 6.92 Å². The maximum absolute atomic E-state index is 9.99. The summed E-state index contributed by atoms with van der Waals surface area (Å²) in [6.45, 7) is 4.08. The van der Waals surface area contributed by atoms with Crippen molar-refractivity contribution in [1.29, 1.82) is 0 Å². The van der Waals surface area contributed by atoms with Gasteiger partial charge in [-0.3, -0.25) is 4.57 Å². The van der Waals surface area contributed by atoms with Crippen LogP contribution >= 0.6 is 8.46 Å². The molecule has 2 heteroatoms. The van der Waals surface area contributed by atoms with E-state index in [0.29, 0.717) is 14.1 Å². The van der Waals surface area contributed by atoms with Gasteiger partial charge in [-0.25, -0.2) is 0 Å². The Balaban J connectivity index is 2.98. The molecule has 0 N–H and O–H groups in total. The Hall–Kier alpha value is 0.100. The van der Waals surface area contributed by atoms with Gasteiger partial charge in [-0.2, -0.15) is 0 Å². The van der Waals surface area contributed by atoms with Crippen molar-refractivity contribution in [3.05, 3.63) is 0 Å². The van der Waals surface area contributed by atoms with Crippen molar-refractivity contribution in [2.45, 2.75) is 32.3 Å². The monoisotopic (exact) mass is 118 g/mol. The molecule has 0 aromatic heterocycles. The second kappa shape index (κ2) is 4.26. The van der Waals surface area contributed by atoms with Crippen molar-refractivity contribution >= 4 is 8.46 Å². The van der Waals surface area contributed by atoms with Crippen LogP contribution in [0.1, 0.15) is 26.7 Å². The second-order valence-corrected chi connectivity index (χ2v) is 2.84. The molecule has 0 aromatic rings. The number of hydrogen-bond donors (Lipinski definition) is 0.